The van der Waals surface area contributed by atoms with Crippen LogP contribution in [0.5, 0.6) is 5.75 Å². The Morgan fingerprint density at radius 1 is 1.18 bits per heavy atom. The molecule has 5 rings (SSSR count). The number of carbonyl (C=O) groups excluding carboxylic acids is 3. The van der Waals surface area contributed by atoms with Gasteiger partial charge in [0.15, 0.2) is 12.2 Å². The van der Waals surface area contributed by atoms with Crippen molar-refractivity contribution in [2.45, 2.75) is 82.0 Å². The first-order chi connectivity index (χ1) is 18.9. The number of likely N-dealkylation sites (N-methyl/N-ethyl adjacent to an activating group) is 1. The van der Waals surface area contributed by atoms with Crippen LogP contribution < -0.4 is 4.74 Å². The van der Waals surface area contributed by atoms with Crippen LogP contribution in [0.4, 0.5) is 0 Å². The van der Waals surface area contributed by atoms with Gasteiger partial charge in [-0.05, 0) is 51.9 Å². The third-order valence-corrected chi connectivity index (χ3v) is 8.84. The molecule has 216 valence electrons. The second-order valence-corrected chi connectivity index (χ2v) is 11.1. The van der Waals surface area contributed by atoms with Crippen LogP contribution >= 0.6 is 0 Å². The Morgan fingerprint density at radius 3 is 2.55 bits per heavy atom. The number of benzene rings is 1. The fourth-order valence-corrected chi connectivity index (χ4v) is 6.79. The predicted molar refractivity (Wildman–Crippen MR) is 135 cm³/mol. The van der Waals surface area contributed by atoms with Crippen molar-refractivity contribution in [2.24, 2.45) is 5.92 Å². The van der Waals surface area contributed by atoms with Gasteiger partial charge in [0.05, 0.1) is 17.6 Å². The lowest BCUT2D eigenvalue weighted by molar-refractivity contribution is -0.183. The Kier molecular flexibility index (Phi) is 6.92. The first kappa shape index (κ1) is 28.1. The number of carboxylic acids is 1. The number of nitrogens with zero attached hydrogens (tertiary/aromatic N) is 1. The number of aliphatic hydroxyl groups excluding tert-OH is 1. The molecule has 40 heavy (non-hydrogen) atoms. The molecule has 7 atom stereocenters. The molecule has 1 aromatic carbocycles. The van der Waals surface area contributed by atoms with E-state index in [4.69, 9.17) is 24.1 Å². The molecule has 0 unspecified atom stereocenters. The summed E-state index contributed by atoms with van der Waals surface area (Å²) in [4.78, 5) is 51.0. The van der Waals surface area contributed by atoms with Gasteiger partial charge in [0.2, 0.25) is 6.10 Å². The van der Waals surface area contributed by atoms with Crippen molar-refractivity contribution in [3.8, 4) is 5.75 Å². The highest BCUT2D eigenvalue weighted by molar-refractivity contribution is 5.87. The Labute approximate surface area is 230 Å². The number of esters is 3. The SMILES string of the molecule is CC(=O)O[C@@H](C(=O)O[C@@H](C)C(=O)O)[C@@H](C)C(=O)OC1=CC[C@@]2(O)[C@H]3Cc4ccc(CO)c5c4[C@@]2(CCN3C)[C@H]1O5. The molecule has 3 N–H and O–H groups in total. The van der Waals surface area contributed by atoms with Crippen molar-refractivity contribution in [3.63, 3.8) is 0 Å². The van der Waals surface area contributed by atoms with Gasteiger partial charge in [-0.3, -0.25) is 9.59 Å². The minimum atomic E-state index is -1.75. The van der Waals surface area contributed by atoms with E-state index in [1.54, 1.807) is 12.1 Å². The highest BCUT2D eigenvalue weighted by Crippen LogP contribution is 2.64. The summed E-state index contributed by atoms with van der Waals surface area (Å²) in [5.41, 5.74) is 0.232. The van der Waals surface area contributed by atoms with Crippen LogP contribution in [0.25, 0.3) is 0 Å². The topological polar surface area (TPSA) is 169 Å². The molecule has 12 nitrogen and oxygen atoms in total. The number of hydrogen-bond acceptors (Lipinski definition) is 11. The van der Waals surface area contributed by atoms with Gasteiger partial charge in [-0.25, -0.2) is 9.59 Å². The van der Waals surface area contributed by atoms with Gasteiger partial charge in [-0.15, -0.1) is 0 Å². The third-order valence-electron chi connectivity index (χ3n) is 8.84. The Balaban J connectivity index is 1.47. The van der Waals surface area contributed by atoms with Crippen LogP contribution in [-0.2, 0) is 51.8 Å². The van der Waals surface area contributed by atoms with Gasteiger partial charge < -0.3 is 39.2 Å². The van der Waals surface area contributed by atoms with Crippen molar-refractivity contribution < 1.29 is 53.4 Å². The van der Waals surface area contributed by atoms with Crippen LogP contribution in [0.1, 0.15) is 50.3 Å². The molecule has 0 aromatic heterocycles. The fraction of sp³-hybridized carbons (Fsp3) is 0.571. The summed E-state index contributed by atoms with van der Waals surface area (Å²) >= 11 is 0. The largest absolute Gasteiger partial charge is 0.481 e. The van der Waals surface area contributed by atoms with E-state index < -0.39 is 59.1 Å². The van der Waals surface area contributed by atoms with Crippen molar-refractivity contribution in [2.75, 3.05) is 13.6 Å². The fourth-order valence-electron chi connectivity index (χ4n) is 6.79. The number of carboxylic acid groups (broad SMARTS) is 1. The van der Waals surface area contributed by atoms with E-state index in [9.17, 15) is 29.4 Å². The molecule has 2 bridgehead atoms. The van der Waals surface area contributed by atoms with Crippen LogP contribution in [0.2, 0.25) is 0 Å². The first-order valence-electron chi connectivity index (χ1n) is 13.2. The summed E-state index contributed by atoms with van der Waals surface area (Å²) in [5, 5.41) is 31.4. The van der Waals surface area contributed by atoms with Gasteiger partial charge in [0.1, 0.15) is 17.4 Å². The molecule has 0 radical (unpaired) electrons. The molecule has 1 aromatic rings. The summed E-state index contributed by atoms with van der Waals surface area (Å²) in [6, 6.07) is 3.54. The van der Waals surface area contributed by atoms with E-state index in [2.05, 4.69) is 4.90 Å². The number of aliphatic carboxylic acids is 1. The zero-order valence-electron chi connectivity index (χ0n) is 22.7. The van der Waals surface area contributed by atoms with Crippen molar-refractivity contribution >= 4 is 23.9 Å². The molecule has 4 aliphatic rings. The van der Waals surface area contributed by atoms with Gasteiger partial charge in [-0.2, -0.15) is 0 Å². The number of carbonyl (C=O) groups is 4. The smallest absolute Gasteiger partial charge is 0.349 e. The lowest BCUT2D eigenvalue weighted by Gasteiger charge is -2.61. The lowest BCUT2D eigenvalue weighted by Crippen LogP contribution is -2.74. The van der Waals surface area contributed by atoms with E-state index in [0.29, 0.717) is 30.7 Å². The van der Waals surface area contributed by atoms with E-state index >= 15 is 0 Å². The van der Waals surface area contributed by atoms with Crippen LogP contribution in [0.15, 0.2) is 24.0 Å². The Bertz CT molecular complexity index is 1310. The van der Waals surface area contributed by atoms with Gasteiger partial charge in [0.25, 0.3) is 0 Å². The highest BCUT2D eigenvalue weighted by Gasteiger charge is 2.72. The minimum Gasteiger partial charge on any atom is -0.481 e. The number of ether oxygens (including phenoxy) is 4. The molecule has 0 saturated carbocycles. The van der Waals surface area contributed by atoms with E-state index in [0.717, 1.165) is 25.0 Å². The summed E-state index contributed by atoms with van der Waals surface area (Å²) < 4.78 is 22.1. The van der Waals surface area contributed by atoms with Crippen LogP contribution in [0, 0.1) is 5.92 Å². The third kappa shape index (κ3) is 4.00. The molecule has 1 spiro atoms. The Morgan fingerprint density at radius 2 is 1.90 bits per heavy atom. The van der Waals surface area contributed by atoms with Crippen LogP contribution in [-0.4, -0.2) is 87.6 Å². The maximum Gasteiger partial charge on any atom is 0.349 e. The average molecular weight is 560 g/mol. The van der Waals surface area contributed by atoms with Gasteiger partial charge in [-0.1, -0.05) is 12.1 Å². The number of piperidine rings is 1. The summed E-state index contributed by atoms with van der Waals surface area (Å²) in [7, 11) is 1.97. The predicted octanol–water partition coefficient (Wildman–Crippen LogP) is 0.584. The number of rotatable bonds is 8. The average Bonchev–Trinajstić information content (AvgIpc) is 3.26. The van der Waals surface area contributed by atoms with E-state index in [1.165, 1.54) is 6.92 Å². The molecule has 2 aliphatic heterocycles. The van der Waals surface area contributed by atoms with Crippen LogP contribution in [0.3, 0.4) is 0 Å². The quantitative estimate of drug-likeness (QED) is 0.300. The van der Waals surface area contributed by atoms with Crippen molar-refractivity contribution in [1.29, 1.82) is 0 Å². The molecule has 0 amide bonds. The minimum absolute atomic E-state index is 0.145. The van der Waals surface area contributed by atoms with Gasteiger partial charge >= 0.3 is 23.9 Å². The molecular formula is C28H33NO11. The summed E-state index contributed by atoms with van der Waals surface area (Å²) in [6.45, 7) is 3.87. The molecule has 2 heterocycles. The van der Waals surface area contributed by atoms with E-state index in [-0.39, 0.29) is 24.8 Å². The molecule has 1 saturated heterocycles. The van der Waals surface area contributed by atoms with Gasteiger partial charge in [0, 0.05) is 30.5 Å². The standard InChI is InChI=1S/C28H33NO11/c1-13(21(38-15(3)31)26(35)37-14(2)24(32)33)25(34)39-18-7-8-28(36)19-11-16-5-6-17(12-30)22-20(16)27(28,23(18)40-22)9-10-29(19)4/h5-7,13-14,19,21,23,30,36H,8-12H2,1-4H3,(H,32,33)/t13-,14+,19-,21-,23+,27+,28-/m1/s1. The Hall–Kier alpha value is -3.48. The molecule has 12 heteroatoms. The molecule has 1 fully saturated rings. The lowest BCUT2D eigenvalue weighted by atomic mass is 9.50. The normalized spacial score (nSPS) is 30.1. The zero-order chi connectivity index (χ0) is 29.1. The summed E-state index contributed by atoms with van der Waals surface area (Å²) in [5.74, 6) is -5.15. The molecule has 2 aliphatic carbocycles. The number of hydrogen-bond donors (Lipinski definition) is 3. The van der Waals surface area contributed by atoms with Crippen molar-refractivity contribution in [1.82, 2.24) is 4.90 Å². The first-order valence-corrected chi connectivity index (χ1v) is 13.2. The van der Waals surface area contributed by atoms with E-state index in [1.807, 2.05) is 13.1 Å². The summed E-state index contributed by atoms with van der Waals surface area (Å²) in [6.07, 6.45) is -1.27. The number of aliphatic hydroxyl groups is 2. The second kappa shape index (κ2) is 9.86. The highest BCUT2D eigenvalue weighted by atomic mass is 16.6. The van der Waals surface area contributed by atoms with Crippen molar-refractivity contribution in [3.05, 3.63) is 40.7 Å². The zero-order valence-corrected chi connectivity index (χ0v) is 22.7. The maximum absolute atomic E-state index is 13.4. The number of likely N-dealkylation sites (tertiary alicyclic amines) is 1. The molecular weight excluding hydrogens is 526 g/mol. The maximum atomic E-state index is 13.4. The monoisotopic (exact) mass is 559 g/mol. The second-order valence-electron chi connectivity index (χ2n) is 11.1.